The number of benzene rings is 2. The molecule has 0 saturated carbocycles. The Morgan fingerprint density at radius 2 is 1.71 bits per heavy atom. The van der Waals surface area contributed by atoms with Crippen LogP contribution >= 0.6 is 0 Å². The van der Waals surface area contributed by atoms with Gasteiger partial charge in [0.2, 0.25) is 5.95 Å². The van der Waals surface area contributed by atoms with Gasteiger partial charge in [0.25, 0.3) is 0 Å². The molecule has 1 aromatic heterocycles. The predicted molar refractivity (Wildman–Crippen MR) is 108 cm³/mol. The summed E-state index contributed by atoms with van der Waals surface area (Å²) in [6.07, 6.45) is 0. The number of hydrogen-bond acceptors (Lipinski definition) is 7. The van der Waals surface area contributed by atoms with Crippen molar-refractivity contribution in [3.8, 4) is 17.2 Å². The zero-order valence-electron chi connectivity index (χ0n) is 16.1. The highest BCUT2D eigenvalue weighted by Crippen LogP contribution is 2.33. The van der Waals surface area contributed by atoms with Gasteiger partial charge in [0, 0.05) is 23.5 Å². The Morgan fingerprint density at radius 3 is 2.54 bits per heavy atom. The van der Waals surface area contributed by atoms with E-state index in [0.29, 0.717) is 30.7 Å². The lowest BCUT2D eigenvalue weighted by Crippen LogP contribution is -2.15. The van der Waals surface area contributed by atoms with E-state index in [2.05, 4.69) is 20.6 Å². The molecule has 0 bridgehead atoms. The van der Waals surface area contributed by atoms with E-state index in [1.54, 1.807) is 7.11 Å². The summed E-state index contributed by atoms with van der Waals surface area (Å²) in [4.78, 5) is 9.06. The number of fused-ring (bicyclic) bond motifs is 1. The van der Waals surface area contributed by atoms with E-state index in [1.807, 2.05) is 56.3 Å². The number of ether oxygens (including phenoxy) is 3. The minimum absolute atomic E-state index is 0.491. The Labute approximate surface area is 163 Å². The minimum Gasteiger partial charge on any atom is -0.495 e. The van der Waals surface area contributed by atoms with Gasteiger partial charge in [0.05, 0.1) is 12.8 Å². The predicted octanol–water partition coefficient (Wildman–Crippen LogP) is 4.36. The number of nitrogens with one attached hydrogen (secondary N) is 2. The van der Waals surface area contributed by atoms with Gasteiger partial charge in [-0.05, 0) is 43.7 Å². The van der Waals surface area contributed by atoms with Crippen molar-refractivity contribution in [2.75, 3.05) is 31.0 Å². The number of anilines is 4. The molecule has 2 aromatic carbocycles. The average molecular weight is 378 g/mol. The van der Waals surface area contributed by atoms with Gasteiger partial charge in [-0.15, -0.1) is 0 Å². The summed E-state index contributed by atoms with van der Waals surface area (Å²) in [6.45, 7) is 5.07. The van der Waals surface area contributed by atoms with E-state index >= 15 is 0 Å². The van der Waals surface area contributed by atoms with Crippen LogP contribution in [0.4, 0.5) is 23.1 Å². The molecule has 0 spiro atoms. The standard InChI is InChI=1S/C21H22N4O3/c1-13-4-6-17(26-3)16(10-13)24-20-11-14(2)22-21(25-20)23-15-5-7-18-19(12-15)28-9-8-27-18/h4-7,10-12H,8-9H2,1-3H3,(H2,22,23,24,25). The van der Waals surface area contributed by atoms with Crippen LogP contribution in [-0.2, 0) is 0 Å². The van der Waals surface area contributed by atoms with Crippen molar-refractivity contribution in [3.63, 3.8) is 0 Å². The Bertz CT molecular complexity index is 1010. The summed E-state index contributed by atoms with van der Waals surface area (Å²) in [7, 11) is 1.65. The van der Waals surface area contributed by atoms with Crippen molar-refractivity contribution < 1.29 is 14.2 Å². The van der Waals surface area contributed by atoms with Crippen LogP contribution in [0.25, 0.3) is 0 Å². The highest BCUT2D eigenvalue weighted by molar-refractivity contribution is 5.67. The Balaban J connectivity index is 1.58. The van der Waals surface area contributed by atoms with Gasteiger partial charge in [-0.25, -0.2) is 4.98 Å². The third kappa shape index (κ3) is 3.93. The van der Waals surface area contributed by atoms with Gasteiger partial charge in [0.1, 0.15) is 24.8 Å². The molecule has 2 heterocycles. The maximum atomic E-state index is 5.63. The molecule has 3 aromatic rings. The second kappa shape index (κ2) is 7.64. The third-order valence-electron chi connectivity index (χ3n) is 4.27. The van der Waals surface area contributed by atoms with Crippen molar-refractivity contribution in [1.82, 2.24) is 9.97 Å². The van der Waals surface area contributed by atoms with Gasteiger partial charge in [-0.1, -0.05) is 6.07 Å². The number of hydrogen-bond donors (Lipinski definition) is 2. The van der Waals surface area contributed by atoms with Crippen LogP contribution < -0.4 is 24.8 Å². The molecule has 4 rings (SSSR count). The van der Waals surface area contributed by atoms with E-state index < -0.39 is 0 Å². The normalized spacial score (nSPS) is 12.4. The van der Waals surface area contributed by atoms with Crippen molar-refractivity contribution in [2.45, 2.75) is 13.8 Å². The van der Waals surface area contributed by atoms with Crippen molar-refractivity contribution in [2.24, 2.45) is 0 Å². The fourth-order valence-electron chi connectivity index (χ4n) is 3.00. The molecule has 0 amide bonds. The molecule has 0 radical (unpaired) electrons. The quantitative estimate of drug-likeness (QED) is 0.683. The van der Waals surface area contributed by atoms with Gasteiger partial charge in [-0.2, -0.15) is 4.98 Å². The molecule has 0 unspecified atom stereocenters. The SMILES string of the molecule is COc1ccc(C)cc1Nc1cc(C)nc(Nc2ccc3c(c2)OCCO3)n1. The lowest BCUT2D eigenvalue weighted by atomic mass is 10.2. The summed E-state index contributed by atoms with van der Waals surface area (Å²) < 4.78 is 16.6. The first-order valence-electron chi connectivity index (χ1n) is 9.05. The number of methoxy groups -OCH3 is 1. The number of nitrogens with zero attached hydrogens (tertiary/aromatic N) is 2. The summed E-state index contributed by atoms with van der Waals surface area (Å²) in [6, 6.07) is 13.5. The van der Waals surface area contributed by atoms with Crippen molar-refractivity contribution in [1.29, 1.82) is 0 Å². The van der Waals surface area contributed by atoms with Crippen LogP contribution in [0.15, 0.2) is 42.5 Å². The zero-order valence-corrected chi connectivity index (χ0v) is 16.1. The monoisotopic (exact) mass is 378 g/mol. The summed E-state index contributed by atoms with van der Waals surface area (Å²) in [5.74, 6) is 3.38. The van der Waals surface area contributed by atoms with Crippen molar-refractivity contribution >= 4 is 23.1 Å². The summed E-state index contributed by atoms with van der Waals surface area (Å²) in [5.41, 5.74) is 3.65. The van der Waals surface area contributed by atoms with Crippen LogP contribution in [0.3, 0.4) is 0 Å². The molecule has 0 saturated heterocycles. The number of aryl methyl sites for hydroxylation is 2. The molecule has 28 heavy (non-hydrogen) atoms. The van der Waals surface area contributed by atoms with Crippen LogP contribution in [0.1, 0.15) is 11.3 Å². The molecule has 1 aliphatic rings. The van der Waals surface area contributed by atoms with Crippen molar-refractivity contribution in [3.05, 3.63) is 53.7 Å². The Hall–Kier alpha value is -3.48. The average Bonchev–Trinajstić information content (AvgIpc) is 2.68. The minimum atomic E-state index is 0.491. The maximum absolute atomic E-state index is 5.63. The summed E-state index contributed by atoms with van der Waals surface area (Å²) in [5, 5.41) is 6.55. The highest BCUT2D eigenvalue weighted by atomic mass is 16.6. The second-order valence-electron chi connectivity index (χ2n) is 6.53. The molecule has 7 heteroatoms. The molecule has 0 aliphatic carbocycles. The first kappa shape index (κ1) is 17.9. The molecule has 1 aliphatic heterocycles. The highest BCUT2D eigenvalue weighted by Gasteiger charge is 2.13. The third-order valence-corrected chi connectivity index (χ3v) is 4.27. The van der Waals surface area contributed by atoms with E-state index in [-0.39, 0.29) is 0 Å². The lowest BCUT2D eigenvalue weighted by molar-refractivity contribution is 0.171. The van der Waals surface area contributed by atoms with Gasteiger partial charge < -0.3 is 24.8 Å². The van der Waals surface area contributed by atoms with Gasteiger partial charge in [-0.3, -0.25) is 0 Å². The maximum Gasteiger partial charge on any atom is 0.229 e. The fourth-order valence-corrected chi connectivity index (χ4v) is 3.00. The van der Waals surface area contributed by atoms with Crippen LogP contribution in [0.2, 0.25) is 0 Å². The van der Waals surface area contributed by atoms with Crippen LogP contribution in [0, 0.1) is 13.8 Å². The largest absolute Gasteiger partial charge is 0.495 e. The first-order chi connectivity index (χ1) is 13.6. The number of aromatic nitrogens is 2. The number of rotatable bonds is 5. The van der Waals surface area contributed by atoms with Crippen LogP contribution in [0.5, 0.6) is 17.2 Å². The molecule has 0 fully saturated rings. The fraction of sp³-hybridized carbons (Fsp3) is 0.238. The molecule has 144 valence electrons. The molecular weight excluding hydrogens is 356 g/mol. The Kier molecular flexibility index (Phi) is 4.89. The summed E-state index contributed by atoms with van der Waals surface area (Å²) >= 11 is 0. The Morgan fingerprint density at radius 1 is 0.893 bits per heavy atom. The van der Waals surface area contributed by atoms with E-state index in [0.717, 1.165) is 34.1 Å². The van der Waals surface area contributed by atoms with Gasteiger partial charge >= 0.3 is 0 Å². The zero-order chi connectivity index (χ0) is 19.5. The topological polar surface area (TPSA) is 77.5 Å². The van der Waals surface area contributed by atoms with E-state index in [1.165, 1.54) is 0 Å². The second-order valence-corrected chi connectivity index (χ2v) is 6.53. The molecular formula is C21H22N4O3. The molecule has 0 atom stereocenters. The first-order valence-corrected chi connectivity index (χ1v) is 9.05. The lowest BCUT2D eigenvalue weighted by Gasteiger charge is -2.19. The smallest absolute Gasteiger partial charge is 0.229 e. The van der Waals surface area contributed by atoms with E-state index in [4.69, 9.17) is 14.2 Å². The van der Waals surface area contributed by atoms with Gasteiger partial charge in [0.15, 0.2) is 11.5 Å². The molecule has 2 N–H and O–H groups in total. The van der Waals surface area contributed by atoms with E-state index in [9.17, 15) is 0 Å². The van der Waals surface area contributed by atoms with Crippen LogP contribution in [-0.4, -0.2) is 30.3 Å². The molecule has 7 nitrogen and oxygen atoms in total.